The Morgan fingerprint density at radius 1 is 0.900 bits per heavy atom. The maximum atomic E-state index is 12.8. The number of hydrogen-bond acceptors (Lipinski definition) is 6. The van der Waals surface area contributed by atoms with Crippen LogP contribution in [0.5, 0.6) is 11.5 Å². The highest BCUT2D eigenvalue weighted by molar-refractivity contribution is 6.08. The van der Waals surface area contributed by atoms with Gasteiger partial charge >= 0.3 is 5.63 Å². The zero-order chi connectivity index (χ0) is 21.1. The zero-order valence-electron chi connectivity index (χ0n) is 16.3. The number of benzene rings is 3. The summed E-state index contributed by atoms with van der Waals surface area (Å²) in [6.07, 6.45) is 0. The van der Waals surface area contributed by atoms with Crippen LogP contribution in [0.15, 0.2) is 75.9 Å². The lowest BCUT2D eigenvalue weighted by Crippen LogP contribution is -2.14. The van der Waals surface area contributed by atoms with Crippen molar-refractivity contribution >= 4 is 22.5 Å². The maximum absolute atomic E-state index is 12.8. The minimum atomic E-state index is -0.448. The standard InChI is InChI=1S/C23H18N2O5/c1-28-18-8-5-9-19(29-2)20(18)21(26)24-15-12-10-14(11-13-15)22-25-17-7-4-3-6-16(17)23(27)30-22/h3-13H,1-2H3,(H,24,26). The molecule has 0 aliphatic heterocycles. The van der Waals surface area contributed by atoms with Gasteiger partial charge in [0.1, 0.15) is 17.1 Å². The SMILES string of the molecule is COc1cccc(OC)c1C(=O)Nc1ccc(-c2nc3ccccc3c(=O)o2)cc1. The van der Waals surface area contributed by atoms with Crippen LogP contribution >= 0.6 is 0 Å². The molecule has 4 rings (SSSR count). The zero-order valence-corrected chi connectivity index (χ0v) is 16.3. The molecule has 4 aromatic rings. The van der Waals surface area contributed by atoms with Gasteiger partial charge < -0.3 is 19.2 Å². The highest BCUT2D eigenvalue weighted by atomic mass is 16.5. The molecule has 0 atom stereocenters. The summed E-state index contributed by atoms with van der Waals surface area (Å²) < 4.78 is 15.9. The number of carbonyl (C=O) groups is 1. The Balaban J connectivity index is 1.61. The van der Waals surface area contributed by atoms with Crippen molar-refractivity contribution in [2.75, 3.05) is 19.5 Å². The van der Waals surface area contributed by atoms with Gasteiger partial charge in [-0.05, 0) is 48.5 Å². The molecule has 1 N–H and O–H groups in total. The van der Waals surface area contributed by atoms with Gasteiger partial charge in [0.2, 0.25) is 5.89 Å². The topological polar surface area (TPSA) is 90.7 Å². The van der Waals surface area contributed by atoms with E-state index in [1.54, 1.807) is 60.7 Å². The number of nitrogens with one attached hydrogen (secondary N) is 1. The number of methoxy groups -OCH3 is 2. The molecule has 7 nitrogen and oxygen atoms in total. The van der Waals surface area contributed by atoms with Gasteiger partial charge in [-0.3, -0.25) is 4.79 Å². The predicted octanol–water partition coefficient (Wildman–Crippen LogP) is 4.12. The first-order valence-electron chi connectivity index (χ1n) is 9.13. The van der Waals surface area contributed by atoms with Crippen molar-refractivity contribution in [1.82, 2.24) is 4.98 Å². The summed E-state index contributed by atoms with van der Waals surface area (Å²) in [6.45, 7) is 0. The van der Waals surface area contributed by atoms with Crippen molar-refractivity contribution in [2.45, 2.75) is 0 Å². The Hall–Kier alpha value is -4.13. The highest BCUT2D eigenvalue weighted by Gasteiger charge is 2.18. The van der Waals surface area contributed by atoms with Gasteiger partial charge in [-0.25, -0.2) is 9.78 Å². The van der Waals surface area contributed by atoms with Crippen LogP contribution < -0.4 is 20.4 Å². The molecule has 0 bridgehead atoms. The normalized spacial score (nSPS) is 10.6. The molecule has 0 spiro atoms. The van der Waals surface area contributed by atoms with Crippen LogP contribution in [0.4, 0.5) is 5.69 Å². The van der Waals surface area contributed by atoms with Crippen molar-refractivity contribution in [3.05, 3.63) is 82.7 Å². The van der Waals surface area contributed by atoms with Crippen LogP contribution in [0.1, 0.15) is 10.4 Å². The Labute approximate surface area is 171 Å². The molecule has 1 aromatic heterocycles. The Kier molecular flexibility index (Phi) is 5.17. The number of rotatable bonds is 5. The van der Waals surface area contributed by atoms with Gasteiger partial charge in [-0.2, -0.15) is 0 Å². The van der Waals surface area contributed by atoms with E-state index in [1.807, 2.05) is 6.07 Å². The summed E-state index contributed by atoms with van der Waals surface area (Å²) in [6, 6.07) is 18.9. The number of fused-ring (bicyclic) bond motifs is 1. The van der Waals surface area contributed by atoms with Gasteiger partial charge in [-0.1, -0.05) is 18.2 Å². The van der Waals surface area contributed by atoms with Crippen LogP contribution in [0.3, 0.4) is 0 Å². The fraction of sp³-hybridized carbons (Fsp3) is 0.0870. The minimum absolute atomic E-state index is 0.211. The van der Waals surface area contributed by atoms with Crippen LogP contribution in [0, 0.1) is 0 Å². The second-order valence-electron chi connectivity index (χ2n) is 6.39. The van der Waals surface area contributed by atoms with Gasteiger partial charge in [0.15, 0.2) is 0 Å². The number of anilines is 1. The van der Waals surface area contributed by atoms with Crippen molar-refractivity contribution < 1.29 is 18.7 Å². The van der Waals surface area contributed by atoms with Crippen LogP contribution in [0.25, 0.3) is 22.4 Å². The molecular formula is C23H18N2O5. The van der Waals surface area contributed by atoms with Crippen molar-refractivity contribution in [3.63, 3.8) is 0 Å². The third-order valence-corrected chi connectivity index (χ3v) is 4.58. The van der Waals surface area contributed by atoms with Gasteiger partial charge in [0, 0.05) is 11.3 Å². The number of nitrogens with zero attached hydrogens (tertiary/aromatic N) is 1. The molecule has 0 unspecified atom stereocenters. The van der Waals surface area contributed by atoms with E-state index >= 15 is 0 Å². The number of amides is 1. The summed E-state index contributed by atoms with van der Waals surface area (Å²) >= 11 is 0. The highest BCUT2D eigenvalue weighted by Crippen LogP contribution is 2.29. The van der Waals surface area contributed by atoms with Crippen molar-refractivity contribution in [3.8, 4) is 23.0 Å². The van der Waals surface area contributed by atoms with E-state index in [1.165, 1.54) is 14.2 Å². The second-order valence-corrected chi connectivity index (χ2v) is 6.39. The summed E-state index contributed by atoms with van der Waals surface area (Å²) in [7, 11) is 2.98. The van der Waals surface area contributed by atoms with E-state index < -0.39 is 5.63 Å². The quantitative estimate of drug-likeness (QED) is 0.540. The Bertz CT molecular complexity index is 1260. The number of aromatic nitrogens is 1. The van der Waals surface area contributed by atoms with Gasteiger partial charge in [0.05, 0.1) is 25.1 Å². The first-order valence-corrected chi connectivity index (χ1v) is 9.13. The van der Waals surface area contributed by atoms with Crippen molar-refractivity contribution in [1.29, 1.82) is 0 Å². The molecule has 30 heavy (non-hydrogen) atoms. The fourth-order valence-electron chi connectivity index (χ4n) is 3.11. The van der Waals surface area contributed by atoms with E-state index in [0.717, 1.165) is 0 Å². The summed E-state index contributed by atoms with van der Waals surface area (Å²) in [5.41, 5.74) is 1.58. The third kappa shape index (κ3) is 3.60. The van der Waals surface area contributed by atoms with E-state index in [-0.39, 0.29) is 11.8 Å². The summed E-state index contributed by atoms with van der Waals surface area (Å²) in [4.78, 5) is 29.4. The van der Waals surface area contributed by atoms with Crippen LogP contribution in [-0.2, 0) is 0 Å². The largest absolute Gasteiger partial charge is 0.496 e. The number of para-hydroxylation sites is 1. The van der Waals surface area contributed by atoms with E-state index in [4.69, 9.17) is 13.9 Å². The maximum Gasteiger partial charge on any atom is 0.347 e. The van der Waals surface area contributed by atoms with Gasteiger partial charge in [-0.15, -0.1) is 0 Å². The molecule has 1 amide bonds. The smallest absolute Gasteiger partial charge is 0.347 e. The summed E-state index contributed by atoms with van der Waals surface area (Å²) in [5, 5.41) is 3.24. The first-order chi connectivity index (χ1) is 14.6. The average molecular weight is 402 g/mol. The van der Waals surface area contributed by atoms with Crippen molar-refractivity contribution in [2.24, 2.45) is 0 Å². The minimum Gasteiger partial charge on any atom is -0.496 e. The fourth-order valence-corrected chi connectivity index (χ4v) is 3.11. The Morgan fingerprint density at radius 2 is 1.57 bits per heavy atom. The third-order valence-electron chi connectivity index (χ3n) is 4.58. The predicted molar refractivity (Wildman–Crippen MR) is 113 cm³/mol. The monoisotopic (exact) mass is 402 g/mol. The molecule has 0 fully saturated rings. The summed E-state index contributed by atoms with van der Waals surface area (Å²) in [5.74, 6) is 0.659. The van der Waals surface area contributed by atoms with E-state index in [9.17, 15) is 9.59 Å². The molecule has 0 saturated heterocycles. The molecule has 0 aliphatic rings. The van der Waals surface area contributed by atoms with E-state index in [2.05, 4.69) is 10.3 Å². The number of hydrogen-bond donors (Lipinski definition) is 1. The second kappa shape index (κ2) is 8.08. The lowest BCUT2D eigenvalue weighted by atomic mass is 10.1. The molecule has 0 aliphatic carbocycles. The molecule has 7 heteroatoms. The lowest BCUT2D eigenvalue weighted by Gasteiger charge is -2.13. The molecule has 150 valence electrons. The van der Waals surface area contributed by atoms with Crippen LogP contribution in [-0.4, -0.2) is 25.1 Å². The molecule has 1 heterocycles. The first kappa shape index (κ1) is 19.2. The molecule has 0 saturated carbocycles. The number of ether oxygens (including phenoxy) is 2. The average Bonchev–Trinajstić information content (AvgIpc) is 2.78. The molecular weight excluding hydrogens is 384 g/mol. The van der Waals surface area contributed by atoms with Gasteiger partial charge in [0.25, 0.3) is 5.91 Å². The van der Waals surface area contributed by atoms with Crippen LogP contribution in [0.2, 0.25) is 0 Å². The van der Waals surface area contributed by atoms with E-state index in [0.29, 0.717) is 39.2 Å². The number of carbonyl (C=O) groups excluding carboxylic acids is 1. The lowest BCUT2D eigenvalue weighted by molar-refractivity contribution is 0.102. The molecule has 0 radical (unpaired) electrons. The molecule has 3 aromatic carbocycles. The Morgan fingerprint density at radius 3 is 2.23 bits per heavy atom.